The van der Waals surface area contributed by atoms with Crippen molar-refractivity contribution in [1.29, 1.82) is 0 Å². The molecule has 3 fully saturated rings. The van der Waals surface area contributed by atoms with Crippen LogP contribution in [0.3, 0.4) is 0 Å². The van der Waals surface area contributed by atoms with Gasteiger partial charge in [0.2, 0.25) is 0 Å². The molecule has 0 amide bonds. The van der Waals surface area contributed by atoms with E-state index >= 15 is 0 Å². The van der Waals surface area contributed by atoms with Gasteiger partial charge in [0.25, 0.3) is 0 Å². The third kappa shape index (κ3) is 8.14. The summed E-state index contributed by atoms with van der Waals surface area (Å²) in [5, 5.41) is 0. The third-order valence-corrected chi connectivity index (χ3v) is 12.4. The number of benzene rings is 2. The summed E-state index contributed by atoms with van der Waals surface area (Å²) < 4.78 is 48.3. The number of halogens is 1. The molecule has 2 aromatic carbocycles. The highest BCUT2D eigenvalue weighted by molar-refractivity contribution is 9.10. The van der Waals surface area contributed by atoms with Gasteiger partial charge in [-0.1, -0.05) is 54.0 Å². The average molecular weight is 755 g/mol. The van der Waals surface area contributed by atoms with Gasteiger partial charge in [-0.3, -0.25) is 0 Å². The summed E-state index contributed by atoms with van der Waals surface area (Å²) >= 11 is 3.45. The molecule has 274 valence electrons. The maximum Gasteiger partial charge on any atom is 0.494 e. The van der Waals surface area contributed by atoms with Gasteiger partial charge in [0.1, 0.15) is 0 Å². The fraction of sp³-hybridized carbons (Fsp3) is 0.684. The molecule has 0 radical (unpaired) electrons. The topological polar surface area (TPSA) is 73.8 Å². The number of fused-ring (bicyclic) bond motifs is 2. The third-order valence-electron chi connectivity index (χ3n) is 11.9. The molecule has 5 aliphatic rings. The summed E-state index contributed by atoms with van der Waals surface area (Å²) in [6, 6.07) is 12.9. The van der Waals surface area contributed by atoms with Crippen molar-refractivity contribution in [2.45, 2.75) is 156 Å². The van der Waals surface area contributed by atoms with Crippen molar-refractivity contribution in [1.82, 2.24) is 0 Å². The molecule has 3 saturated heterocycles. The average Bonchev–Trinajstić information content (AvgIpc) is 3.47. The van der Waals surface area contributed by atoms with E-state index in [4.69, 9.17) is 37.4 Å². The Balaban J connectivity index is 0.000000150. The van der Waals surface area contributed by atoms with Gasteiger partial charge in [-0.15, -0.1) is 0 Å². The maximum absolute atomic E-state index is 6.10. The molecule has 0 spiro atoms. The van der Waals surface area contributed by atoms with Crippen molar-refractivity contribution in [3.05, 3.63) is 63.1 Å². The lowest BCUT2D eigenvalue weighted by atomic mass is 9.49. The van der Waals surface area contributed by atoms with Crippen LogP contribution in [0.25, 0.3) is 0 Å². The fourth-order valence-electron chi connectivity index (χ4n) is 6.41. The molecule has 5 aliphatic heterocycles. The van der Waals surface area contributed by atoms with Gasteiger partial charge in [0.05, 0.1) is 60.0 Å². The summed E-state index contributed by atoms with van der Waals surface area (Å²) in [7, 11) is -1.24. The SMILES string of the molecule is CC1(C)OB(B2OC(C)(C)C(C)(C)O2)OC1(C)C.CC1COCc2cc(B3OC(C)(C)C(C)(C)O3)ccc21.CC1COCc2cc(Br)ccc21. The zero-order valence-corrected chi connectivity index (χ0v) is 34.4. The summed E-state index contributed by atoms with van der Waals surface area (Å²) in [5.41, 5.74) is 4.46. The van der Waals surface area contributed by atoms with E-state index in [1.807, 2.05) is 55.4 Å². The van der Waals surface area contributed by atoms with Gasteiger partial charge in [-0.05, 0) is 123 Å². The Morgan fingerprint density at radius 1 is 0.520 bits per heavy atom. The Hall–Kier alpha value is -1.21. The number of hydrogen-bond acceptors (Lipinski definition) is 8. The molecule has 0 aromatic heterocycles. The predicted molar refractivity (Wildman–Crippen MR) is 205 cm³/mol. The molecule has 12 heteroatoms. The molecule has 0 bridgehead atoms. The molecule has 0 aliphatic carbocycles. The minimum absolute atomic E-state index is 0.289. The molecular formula is C38H58B3BrO8. The van der Waals surface area contributed by atoms with Gasteiger partial charge in [-0.25, -0.2) is 0 Å². The Morgan fingerprint density at radius 3 is 1.30 bits per heavy atom. The van der Waals surface area contributed by atoms with Gasteiger partial charge in [0.15, 0.2) is 0 Å². The first kappa shape index (κ1) is 40.0. The second-order valence-electron chi connectivity index (χ2n) is 17.5. The van der Waals surface area contributed by atoms with Gasteiger partial charge < -0.3 is 37.4 Å². The van der Waals surface area contributed by atoms with E-state index in [1.165, 1.54) is 22.3 Å². The maximum atomic E-state index is 6.10. The van der Waals surface area contributed by atoms with Crippen molar-refractivity contribution < 1.29 is 37.4 Å². The summed E-state index contributed by atoms with van der Waals surface area (Å²) in [4.78, 5) is 0. The number of rotatable bonds is 2. The van der Waals surface area contributed by atoms with Crippen LogP contribution >= 0.6 is 15.9 Å². The lowest BCUT2D eigenvalue weighted by Gasteiger charge is -2.32. The van der Waals surface area contributed by atoms with Crippen LogP contribution in [-0.2, 0) is 50.6 Å². The van der Waals surface area contributed by atoms with E-state index in [9.17, 15) is 0 Å². The summed E-state index contributed by atoms with van der Waals surface area (Å²) in [5.74, 6) is 1.01. The van der Waals surface area contributed by atoms with Crippen molar-refractivity contribution in [3.8, 4) is 0 Å². The zero-order valence-electron chi connectivity index (χ0n) is 32.8. The van der Waals surface area contributed by atoms with Crippen LogP contribution in [0.4, 0.5) is 0 Å². The quantitative estimate of drug-likeness (QED) is 0.286. The zero-order chi connectivity index (χ0) is 37.1. The van der Waals surface area contributed by atoms with Crippen LogP contribution in [0.15, 0.2) is 40.9 Å². The van der Waals surface area contributed by atoms with E-state index in [-0.39, 0.29) is 40.7 Å². The second-order valence-corrected chi connectivity index (χ2v) is 18.4. The highest BCUT2D eigenvalue weighted by Crippen LogP contribution is 2.43. The van der Waals surface area contributed by atoms with Crippen LogP contribution in [0, 0.1) is 0 Å². The number of ether oxygens (including phenoxy) is 2. The van der Waals surface area contributed by atoms with Gasteiger partial charge >= 0.3 is 21.1 Å². The van der Waals surface area contributed by atoms with Gasteiger partial charge in [0, 0.05) is 16.3 Å². The van der Waals surface area contributed by atoms with E-state index in [0.29, 0.717) is 18.4 Å². The van der Waals surface area contributed by atoms with Crippen LogP contribution in [0.5, 0.6) is 0 Å². The first-order valence-electron chi connectivity index (χ1n) is 18.1. The monoisotopic (exact) mass is 754 g/mol. The van der Waals surface area contributed by atoms with Gasteiger partial charge in [-0.2, -0.15) is 0 Å². The van der Waals surface area contributed by atoms with E-state index in [0.717, 1.165) is 29.8 Å². The predicted octanol–water partition coefficient (Wildman–Crippen LogP) is 7.95. The van der Waals surface area contributed by atoms with Crippen molar-refractivity contribution >= 4 is 42.5 Å². The molecule has 2 unspecified atom stereocenters. The Labute approximate surface area is 310 Å². The normalized spacial score (nSPS) is 27.8. The molecule has 0 saturated carbocycles. The Bertz CT molecular complexity index is 1450. The molecule has 0 N–H and O–H groups in total. The van der Waals surface area contributed by atoms with Crippen LogP contribution in [0.2, 0.25) is 0 Å². The largest absolute Gasteiger partial charge is 0.494 e. The molecule has 7 rings (SSSR count). The lowest BCUT2D eigenvalue weighted by molar-refractivity contribution is 0.00578. The van der Waals surface area contributed by atoms with Crippen molar-refractivity contribution in [2.24, 2.45) is 0 Å². The first-order valence-corrected chi connectivity index (χ1v) is 18.9. The molecule has 2 aromatic rings. The fourth-order valence-corrected chi connectivity index (χ4v) is 6.82. The van der Waals surface area contributed by atoms with Crippen molar-refractivity contribution in [3.63, 3.8) is 0 Å². The smallest absolute Gasteiger partial charge is 0.405 e. The first-order chi connectivity index (χ1) is 23.0. The summed E-state index contributed by atoms with van der Waals surface area (Å²) in [6.45, 7) is 32.0. The van der Waals surface area contributed by atoms with Crippen LogP contribution in [-0.4, -0.2) is 68.0 Å². The minimum Gasteiger partial charge on any atom is -0.405 e. The highest BCUT2D eigenvalue weighted by atomic mass is 79.9. The highest BCUT2D eigenvalue weighted by Gasteiger charge is 2.63. The number of hydrogen-bond donors (Lipinski definition) is 0. The standard InChI is InChI=1S/C16H23BO3.C12H24B2O4.C10H11BrO/c1-11-9-18-10-12-8-13(6-7-14(11)12)17-19-15(2,3)16(4,5)20-17;1-9(2)10(3,4)16-13(15-9)14-17-11(5,6)12(7,8)18-14;1-7-5-12-6-8-4-9(11)2-3-10(7)8/h6-8,11H,9-10H2,1-5H3;1-8H3;2-4,7H,5-6H2,1H3. The molecular weight excluding hydrogens is 697 g/mol. The second kappa shape index (κ2) is 14.2. The van der Waals surface area contributed by atoms with E-state index in [1.54, 1.807) is 0 Å². The minimum atomic E-state index is -0.476. The Morgan fingerprint density at radius 2 is 0.880 bits per heavy atom. The molecule has 8 nitrogen and oxygen atoms in total. The molecule has 2 atom stereocenters. The molecule has 50 heavy (non-hydrogen) atoms. The summed E-state index contributed by atoms with van der Waals surface area (Å²) in [6.07, 6.45) is 0. The van der Waals surface area contributed by atoms with E-state index < -0.39 is 14.0 Å². The van der Waals surface area contributed by atoms with Crippen LogP contribution < -0.4 is 5.46 Å². The lowest BCUT2D eigenvalue weighted by Crippen LogP contribution is -2.41. The Kier molecular flexibility index (Phi) is 11.4. The van der Waals surface area contributed by atoms with Crippen LogP contribution in [0.1, 0.15) is 131 Å². The molecule has 5 heterocycles. The van der Waals surface area contributed by atoms with E-state index in [2.05, 4.69) is 93.9 Å². The van der Waals surface area contributed by atoms with Crippen molar-refractivity contribution in [2.75, 3.05) is 13.2 Å².